The normalized spacial score (nSPS) is 11.0. The molecule has 1 aromatic carbocycles. The standard InChI is InChI=1S/C13H12N4O4/c1-7-8(2)20-11(15-7)6-14-13-16-12-9(17(18)19)4-3-5-10(12)21-13/h3-5H,6H2,1-2H3,(H,14,16). The summed E-state index contributed by atoms with van der Waals surface area (Å²) in [7, 11) is 0. The number of aromatic nitrogens is 2. The fourth-order valence-corrected chi connectivity index (χ4v) is 1.92. The molecule has 0 unspecified atom stereocenters. The molecule has 8 heteroatoms. The first kappa shape index (κ1) is 13.1. The van der Waals surface area contributed by atoms with E-state index >= 15 is 0 Å². The molecule has 2 heterocycles. The molecule has 1 N–H and O–H groups in total. The Morgan fingerprint density at radius 3 is 2.76 bits per heavy atom. The van der Waals surface area contributed by atoms with Crippen molar-refractivity contribution in [3.63, 3.8) is 0 Å². The summed E-state index contributed by atoms with van der Waals surface area (Å²) in [5, 5.41) is 13.8. The van der Waals surface area contributed by atoms with Gasteiger partial charge in [-0.2, -0.15) is 4.98 Å². The molecule has 0 atom stereocenters. The summed E-state index contributed by atoms with van der Waals surface area (Å²) in [5.74, 6) is 1.25. The van der Waals surface area contributed by atoms with Gasteiger partial charge in [-0.1, -0.05) is 6.07 Å². The predicted molar refractivity (Wildman–Crippen MR) is 74.0 cm³/mol. The SMILES string of the molecule is Cc1nc(CNc2nc3c([N+](=O)[O-])cccc3o2)oc1C. The van der Waals surface area contributed by atoms with E-state index < -0.39 is 4.92 Å². The van der Waals surface area contributed by atoms with E-state index in [9.17, 15) is 10.1 Å². The van der Waals surface area contributed by atoms with E-state index in [1.165, 1.54) is 6.07 Å². The van der Waals surface area contributed by atoms with Gasteiger partial charge in [0.1, 0.15) is 5.76 Å². The molecular weight excluding hydrogens is 276 g/mol. The fraction of sp³-hybridized carbons (Fsp3) is 0.231. The van der Waals surface area contributed by atoms with Crippen LogP contribution in [0, 0.1) is 24.0 Å². The predicted octanol–water partition coefficient (Wildman–Crippen LogP) is 2.95. The van der Waals surface area contributed by atoms with E-state index in [4.69, 9.17) is 8.83 Å². The van der Waals surface area contributed by atoms with Gasteiger partial charge < -0.3 is 14.2 Å². The molecule has 21 heavy (non-hydrogen) atoms. The number of fused-ring (bicyclic) bond motifs is 1. The molecule has 108 valence electrons. The number of aryl methyl sites for hydroxylation is 2. The zero-order valence-electron chi connectivity index (χ0n) is 11.4. The molecule has 3 rings (SSSR count). The van der Waals surface area contributed by atoms with Crippen LogP contribution in [0.3, 0.4) is 0 Å². The number of nitro groups is 1. The number of nitro benzene ring substituents is 1. The molecule has 0 aliphatic heterocycles. The summed E-state index contributed by atoms with van der Waals surface area (Å²) in [6.45, 7) is 3.97. The van der Waals surface area contributed by atoms with E-state index in [1.807, 2.05) is 13.8 Å². The van der Waals surface area contributed by atoms with Gasteiger partial charge in [0.05, 0.1) is 17.2 Å². The van der Waals surface area contributed by atoms with Gasteiger partial charge in [-0.25, -0.2) is 4.98 Å². The molecule has 0 aliphatic carbocycles. The molecule has 2 aromatic heterocycles. The van der Waals surface area contributed by atoms with Crippen LogP contribution in [-0.4, -0.2) is 14.9 Å². The highest BCUT2D eigenvalue weighted by molar-refractivity contribution is 5.83. The summed E-state index contributed by atoms with van der Waals surface area (Å²) in [4.78, 5) is 18.7. The third-order valence-electron chi connectivity index (χ3n) is 3.06. The summed E-state index contributed by atoms with van der Waals surface area (Å²) >= 11 is 0. The van der Waals surface area contributed by atoms with E-state index in [-0.39, 0.29) is 23.8 Å². The van der Waals surface area contributed by atoms with Crippen LogP contribution in [0.4, 0.5) is 11.7 Å². The Morgan fingerprint density at radius 1 is 1.29 bits per heavy atom. The minimum absolute atomic E-state index is 0.0906. The number of benzene rings is 1. The number of nitrogens with zero attached hydrogens (tertiary/aromatic N) is 3. The number of non-ortho nitro benzene ring substituents is 1. The van der Waals surface area contributed by atoms with Gasteiger partial charge in [0, 0.05) is 6.07 Å². The first-order chi connectivity index (χ1) is 10.0. The largest absolute Gasteiger partial charge is 0.444 e. The third-order valence-corrected chi connectivity index (χ3v) is 3.06. The number of para-hydroxylation sites is 1. The lowest BCUT2D eigenvalue weighted by Gasteiger charge is -1.95. The quantitative estimate of drug-likeness (QED) is 0.580. The van der Waals surface area contributed by atoms with Crippen molar-refractivity contribution >= 4 is 22.8 Å². The zero-order chi connectivity index (χ0) is 15.0. The Kier molecular flexibility index (Phi) is 3.05. The Labute approximate surface area is 118 Å². The molecule has 0 amide bonds. The van der Waals surface area contributed by atoms with Gasteiger partial charge in [0.25, 0.3) is 11.7 Å². The van der Waals surface area contributed by atoms with Crippen molar-refractivity contribution in [1.29, 1.82) is 0 Å². The summed E-state index contributed by atoms with van der Waals surface area (Å²) in [5.41, 5.74) is 1.29. The lowest BCUT2D eigenvalue weighted by atomic mass is 10.3. The number of oxazole rings is 2. The van der Waals surface area contributed by atoms with Crippen molar-refractivity contribution in [3.05, 3.63) is 45.7 Å². The van der Waals surface area contributed by atoms with Crippen molar-refractivity contribution in [1.82, 2.24) is 9.97 Å². The molecule has 0 fully saturated rings. The average molecular weight is 288 g/mol. The smallest absolute Gasteiger partial charge is 0.298 e. The number of hydrogen-bond acceptors (Lipinski definition) is 7. The van der Waals surface area contributed by atoms with Crippen molar-refractivity contribution in [3.8, 4) is 0 Å². The maximum absolute atomic E-state index is 10.9. The molecule has 0 radical (unpaired) electrons. The van der Waals surface area contributed by atoms with Gasteiger partial charge in [-0.05, 0) is 19.9 Å². The van der Waals surface area contributed by atoms with E-state index in [0.717, 1.165) is 11.5 Å². The van der Waals surface area contributed by atoms with Crippen LogP contribution in [-0.2, 0) is 6.54 Å². The number of hydrogen-bond donors (Lipinski definition) is 1. The first-order valence-corrected chi connectivity index (χ1v) is 6.25. The lowest BCUT2D eigenvalue weighted by molar-refractivity contribution is -0.383. The highest BCUT2D eigenvalue weighted by Gasteiger charge is 2.17. The molecule has 0 bridgehead atoms. The second-order valence-corrected chi connectivity index (χ2v) is 4.50. The molecular formula is C13H12N4O4. The van der Waals surface area contributed by atoms with E-state index in [2.05, 4.69) is 15.3 Å². The molecule has 0 spiro atoms. The molecule has 8 nitrogen and oxygen atoms in total. The highest BCUT2D eigenvalue weighted by Crippen LogP contribution is 2.27. The number of nitrogens with one attached hydrogen (secondary N) is 1. The van der Waals surface area contributed by atoms with Crippen molar-refractivity contribution in [2.45, 2.75) is 20.4 Å². The van der Waals surface area contributed by atoms with Crippen LogP contribution in [0.5, 0.6) is 0 Å². The zero-order valence-corrected chi connectivity index (χ0v) is 11.4. The van der Waals surface area contributed by atoms with Crippen LogP contribution in [0.15, 0.2) is 27.0 Å². The van der Waals surface area contributed by atoms with E-state index in [0.29, 0.717) is 11.5 Å². The van der Waals surface area contributed by atoms with Gasteiger partial charge in [-0.3, -0.25) is 10.1 Å². The minimum atomic E-state index is -0.491. The fourth-order valence-electron chi connectivity index (χ4n) is 1.92. The van der Waals surface area contributed by atoms with Gasteiger partial charge in [-0.15, -0.1) is 0 Å². The first-order valence-electron chi connectivity index (χ1n) is 6.25. The number of anilines is 1. The summed E-state index contributed by atoms with van der Waals surface area (Å²) in [6.07, 6.45) is 0. The minimum Gasteiger partial charge on any atom is -0.444 e. The lowest BCUT2D eigenvalue weighted by Crippen LogP contribution is -1.99. The van der Waals surface area contributed by atoms with Crippen molar-refractivity contribution in [2.75, 3.05) is 5.32 Å². The van der Waals surface area contributed by atoms with Gasteiger partial charge in [0.2, 0.25) is 5.89 Å². The van der Waals surface area contributed by atoms with Gasteiger partial charge >= 0.3 is 0 Å². The second-order valence-electron chi connectivity index (χ2n) is 4.50. The molecule has 3 aromatic rings. The van der Waals surface area contributed by atoms with Crippen LogP contribution in [0.25, 0.3) is 11.1 Å². The number of rotatable bonds is 4. The molecule has 0 saturated heterocycles. The molecule has 0 aliphatic rings. The Bertz CT molecular complexity index is 801. The summed E-state index contributed by atoms with van der Waals surface area (Å²) < 4.78 is 10.8. The average Bonchev–Trinajstić information content (AvgIpc) is 2.99. The third kappa shape index (κ3) is 2.42. The van der Waals surface area contributed by atoms with Crippen molar-refractivity contribution < 1.29 is 13.8 Å². The topological polar surface area (TPSA) is 107 Å². The monoisotopic (exact) mass is 288 g/mol. The van der Waals surface area contributed by atoms with Crippen LogP contribution < -0.4 is 5.32 Å². The van der Waals surface area contributed by atoms with Crippen LogP contribution in [0.1, 0.15) is 17.3 Å². The maximum Gasteiger partial charge on any atom is 0.298 e. The highest BCUT2D eigenvalue weighted by atomic mass is 16.6. The molecule has 0 saturated carbocycles. The second kappa shape index (κ2) is 4.89. The van der Waals surface area contributed by atoms with Gasteiger partial charge in [0.15, 0.2) is 11.1 Å². The summed E-state index contributed by atoms with van der Waals surface area (Å²) in [6, 6.07) is 4.75. The Balaban J connectivity index is 1.84. The Morgan fingerprint density at radius 2 is 2.10 bits per heavy atom. The maximum atomic E-state index is 10.9. The van der Waals surface area contributed by atoms with Crippen LogP contribution >= 0.6 is 0 Å². The van der Waals surface area contributed by atoms with Crippen LogP contribution in [0.2, 0.25) is 0 Å². The Hall–Kier alpha value is -2.90. The van der Waals surface area contributed by atoms with Crippen molar-refractivity contribution in [2.24, 2.45) is 0 Å². The van der Waals surface area contributed by atoms with E-state index in [1.54, 1.807) is 12.1 Å².